The number of aliphatic hydroxyl groups excluding tert-OH is 1. The van der Waals surface area contributed by atoms with Crippen LogP contribution in [-0.4, -0.2) is 79.7 Å². The first-order valence-corrected chi connectivity index (χ1v) is 8.72. The normalized spacial score (nSPS) is 23.7. The van der Waals surface area contributed by atoms with E-state index >= 15 is 0 Å². The zero-order valence-corrected chi connectivity index (χ0v) is 14.5. The molecular formula is C17H21N5O4. The molecule has 1 fully saturated rings. The Kier molecular flexibility index (Phi) is 4.33. The van der Waals surface area contributed by atoms with E-state index < -0.39 is 17.8 Å². The molecule has 2 aromatic heterocycles. The highest BCUT2D eigenvalue weighted by Crippen LogP contribution is 2.20. The quantitative estimate of drug-likeness (QED) is 0.581. The minimum atomic E-state index is -0.687. The second-order valence-electron chi connectivity index (χ2n) is 6.75. The third-order valence-corrected chi connectivity index (χ3v) is 5.20. The number of aromatic nitrogens is 3. The number of aliphatic hydroxyl groups is 1. The molecule has 2 aliphatic heterocycles. The molecule has 4 rings (SSSR count). The Labute approximate surface area is 150 Å². The van der Waals surface area contributed by atoms with E-state index in [9.17, 15) is 14.7 Å². The summed E-state index contributed by atoms with van der Waals surface area (Å²) in [6, 6.07) is 2.84. The van der Waals surface area contributed by atoms with Gasteiger partial charge >= 0.3 is 0 Å². The number of nitrogens with zero attached hydrogens (tertiary/aromatic N) is 5. The molecule has 2 atom stereocenters. The predicted molar refractivity (Wildman–Crippen MR) is 89.4 cm³/mol. The zero-order chi connectivity index (χ0) is 18.3. The molecule has 2 aliphatic rings. The van der Waals surface area contributed by atoms with Gasteiger partial charge in [0, 0.05) is 39.1 Å². The van der Waals surface area contributed by atoms with Gasteiger partial charge in [-0.1, -0.05) is 0 Å². The maximum atomic E-state index is 12.4. The minimum Gasteiger partial charge on any atom is -0.461 e. The summed E-state index contributed by atoms with van der Waals surface area (Å²) in [6.07, 6.45) is 1.41. The Morgan fingerprint density at radius 3 is 2.85 bits per heavy atom. The van der Waals surface area contributed by atoms with Crippen molar-refractivity contribution in [2.24, 2.45) is 0 Å². The van der Waals surface area contributed by atoms with Crippen LogP contribution in [0.4, 0.5) is 0 Å². The van der Waals surface area contributed by atoms with Crippen LogP contribution in [0.3, 0.4) is 0 Å². The molecule has 0 bridgehead atoms. The van der Waals surface area contributed by atoms with Gasteiger partial charge in [0.05, 0.1) is 18.4 Å². The van der Waals surface area contributed by atoms with Crippen LogP contribution >= 0.6 is 0 Å². The van der Waals surface area contributed by atoms with Crippen molar-refractivity contribution in [1.29, 1.82) is 0 Å². The predicted octanol–water partition coefficient (Wildman–Crippen LogP) is -0.508. The average Bonchev–Trinajstić information content (AvgIpc) is 3.33. The number of fused-ring (bicyclic) bond motifs is 1. The SMILES string of the molecule is Cc1nnc2n1CCN([C@H]1CN(C(=O)C(=O)c3ccco3)C[C@@H]1O)CC2. The lowest BCUT2D eigenvalue weighted by Crippen LogP contribution is -2.45. The van der Waals surface area contributed by atoms with E-state index in [4.69, 9.17) is 4.42 Å². The maximum absolute atomic E-state index is 12.4. The standard InChI is InChI=1S/C17H21N5O4/c1-11-18-19-15-4-5-20(6-7-22(11)15)12-9-21(10-13(12)23)17(25)16(24)14-3-2-8-26-14/h2-3,8,12-13,23H,4-7,9-10H2,1H3/t12-,13-/m0/s1. The van der Waals surface area contributed by atoms with E-state index in [1.54, 1.807) is 6.07 Å². The number of furan rings is 1. The molecule has 1 amide bonds. The average molecular weight is 359 g/mol. The number of Topliss-reactive ketones (excluding diaryl/α,β-unsaturated/α-hetero) is 1. The molecule has 9 heteroatoms. The first-order chi connectivity index (χ1) is 12.5. The molecule has 0 spiro atoms. The van der Waals surface area contributed by atoms with Crippen molar-refractivity contribution in [3.05, 3.63) is 35.8 Å². The van der Waals surface area contributed by atoms with Crippen LogP contribution in [0.15, 0.2) is 22.8 Å². The summed E-state index contributed by atoms with van der Waals surface area (Å²) in [7, 11) is 0. The smallest absolute Gasteiger partial charge is 0.298 e. The van der Waals surface area contributed by atoms with Gasteiger partial charge in [0.1, 0.15) is 11.6 Å². The number of carbonyl (C=O) groups is 2. The molecule has 4 heterocycles. The number of carbonyl (C=O) groups excluding carboxylic acids is 2. The molecular weight excluding hydrogens is 338 g/mol. The van der Waals surface area contributed by atoms with Crippen LogP contribution in [0.25, 0.3) is 0 Å². The lowest BCUT2D eigenvalue weighted by atomic mass is 10.1. The topological polar surface area (TPSA) is 105 Å². The fraction of sp³-hybridized carbons (Fsp3) is 0.529. The number of likely N-dealkylation sites (tertiary alicyclic amines) is 1. The number of β-amino-alcohol motifs (C(OH)–C–C–N with tert-alkyl or cyclic N) is 1. The fourth-order valence-corrected chi connectivity index (χ4v) is 3.77. The third kappa shape index (κ3) is 2.93. The Morgan fingerprint density at radius 2 is 2.08 bits per heavy atom. The summed E-state index contributed by atoms with van der Waals surface area (Å²) in [6.45, 7) is 4.62. The molecule has 0 unspecified atom stereocenters. The van der Waals surface area contributed by atoms with Crippen molar-refractivity contribution >= 4 is 11.7 Å². The summed E-state index contributed by atoms with van der Waals surface area (Å²) in [5.74, 6) is 0.536. The molecule has 1 saturated heterocycles. The van der Waals surface area contributed by atoms with Crippen molar-refractivity contribution in [3.63, 3.8) is 0 Å². The molecule has 1 N–H and O–H groups in total. The van der Waals surface area contributed by atoms with Gasteiger partial charge in [-0.25, -0.2) is 0 Å². The summed E-state index contributed by atoms with van der Waals surface area (Å²) < 4.78 is 7.10. The van der Waals surface area contributed by atoms with Crippen LogP contribution in [0.1, 0.15) is 22.2 Å². The second kappa shape index (κ2) is 6.65. The molecule has 138 valence electrons. The fourth-order valence-electron chi connectivity index (χ4n) is 3.77. The molecule has 0 radical (unpaired) electrons. The second-order valence-corrected chi connectivity index (χ2v) is 6.75. The first kappa shape index (κ1) is 16.9. The Morgan fingerprint density at radius 1 is 1.23 bits per heavy atom. The molecule has 26 heavy (non-hydrogen) atoms. The van der Waals surface area contributed by atoms with Crippen LogP contribution in [0, 0.1) is 6.92 Å². The Balaban J connectivity index is 1.42. The summed E-state index contributed by atoms with van der Waals surface area (Å²) in [5.41, 5.74) is 0. The Bertz CT molecular complexity index is 815. The van der Waals surface area contributed by atoms with Crippen molar-refractivity contribution < 1.29 is 19.1 Å². The molecule has 0 saturated carbocycles. The number of aryl methyl sites for hydroxylation is 1. The number of ketones is 1. The minimum absolute atomic E-state index is 0.0242. The van der Waals surface area contributed by atoms with Gasteiger partial charge in [0.15, 0.2) is 5.76 Å². The van der Waals surface area contributed by atoms with Crippen molar-refractivity contribution in [2.45, 2.75) is 32.0 Å². The van der Waals surface area contributed by atoms with Crippen molar-refractivity contribution in [2.75, 3.05) is 26.2 Å². The number of rotatable bonds is 3. The largest absolute Gasteiger partial charge is 0.461 e. The Hall–Kier alpha value is -2.52. The number of amides is 1. The lowest BCUT2D eigenvalue weighted by Gasteiger charge is -2.28. The van der Waals surface area contributed by atoms with E-state index in [1.807, 2.05) is 6.92 Å². The molecule has 2 aromatic rings. The van der Waals surface area contributed by atoms with Gasteiger partial charge in [-0.05, 0) is 19.1 Å². The van der Waals surface area contributed by atoms with E-state index in [0.717, 1.165) is 37.7 Å². The van der Waals surface area contributed by atoms with Crippen molar-refractivity contribution in [3.8, 4) is 0 Å². The first-order valence-electron chi connectivity index (χ1n) is 8.72. The van der Waals surface area contributed by atoms with Crippen LogP contribution in [0.5, 0.6) is 0 Å². The lowest BCUT2D eigenvalue weighted by molar-refractivity contribution is -0.126. The van der Waals surface area contributed by atoms with Crippen LogP contribution in [-0.2, 0) is 17.8 Å². The summed E-state index contributed by atoms with van der Waals surface area (Å²) in [5, 5.41) is 18.8. The third-order valence-electron chi connectivity index (χ3n) is 5.20. The van der Waals surface area contributed by atoms with Crippen LogP contribution in [0.2, 0.25) is 0 Å². The summed E-state index contributed by atoms with van der Waals surface area (Å²) >= 11 is 0. The van der Waals surface area contributed by atoms with Gasteiger partial charge in [0.2, 0.25) is 0 Å². The number of hydrogen-bond donors (Lipinski definition) is 1. The molecule has 0 aliphatic carbocycles. The van der Waals surface area contributed by atoms with Gasteiger partial charge in [-0.2, -0.15) is 0 Å². The summed E-state index contributed by atoms with van der Waals surface area (Å²) in [4.78, 5) is 28.2. The van der Waals surface area contributed by atoms with E-state index in [1.165, 1.54) is 17.2 Å². The number of hydrogen-bond acceptors (Lipinski definition) is 7. The van der Waals surface area contributed by atoms with Crippen LogP contribution < -0.4 is 0 Å². The van der Waals surface area contributed by atoms with Gasteiger partial charge in [-0.3, -0.25) is 14.5 Å². The maximum Gasteiger partial charge on any atom is 0.298 e. The van der Waals surface area contributed by atoms with E-state index in [0.29, 0.717) is 6.54 Å². The van der Waals surface area contributed by atoms with Gasteiger partial charge in [-0.15, -0.1) is 10.2 Å². The van der Waals surface area contributed by atoms with Gasteiger partial charge < -0.3 is 19.0 Å². The molecule has 9 nitrogen and oxygen atoms in total. The zero-order valence-electron chi connectivity index (χ0n) is 14.5. The highest BCUT2D eigenvalue weighted by Gasteiger charge is 2.40. The van der Waals surface area contributed by atoms with E-state index in [-0.39, 0.29) is 18.3 Å². The highest BCUT2D eigenvalue weighted by molar-refractivity contribution is 6.42. The molecule has 0 aromatic carbocycles. The van der Waals surface area contributed by atoms with Gasteiger partial charge in [0.25, 0.3) is 11.7 Å². The highest BCUT2D eigenvalue weighted by atomic mass is 16.3. The van der Waals surface area contributed by atoms with E-state index in [2.05, 4.69) is 19.7 Å². The van der Waals surface area contributed by atoms with Crippen molar-refractivity contribution in [1.82, 2.24) is 24.6 Å². The monoisotopic (exact) mass is 359 g/mol.